The van der Waals surface area contributed by atoms with Crippen LogP contribution in [0.1, 0.15) is 58.1 Å². The highest BCUT2D eigenvalue weighted by atomic mass is 16.3. The van der Waals surface area contributed by atoms with Crippen LogP contribution >= 0.6 is 0 Å². The molecule has 0 aliphatic carbocycles. The third kappa shape index (κ3) is 7.63. The molecule has 1 N–H and O–H groups in total. The zero-order chi connectivity index (χ0) is 18.8. The average Bonchev–Trinajstić information content (AvgIpc) is 2.58. The van der Waals surface area contributed by atoms with Crippen LogP contribution in [0.2, 0.25) is 0 Å². The molecule has 0 aliphatic rings. The number of benzene rings is 1. The van der Waals surface area contributed by atoms with Gasteiger partial charge < -0.3 is 5.11 Å². The second kappa shape index (κ2) is 10.8. The molecule has 0 amide bonds. The number of rotatable bonds is 6. The molecule has 0 saturated carbocycles. The maximum Gasteiger partial charge on any atom is 0.119 e. The fourth-order valence-corrected chi connectivity index (χ4v) is 2.98. The van der Waals surface area contributed by atoms with Gasteiger partial charge in [-0.3, -0.25) is 4.90 Å². The minimum Gasteiger partial charge on any atom is -0.508 e. The Bertz CT molecular complexity index is 558. The molecule has 1 unspecified atom stereocenters. The van der Waals surface area contributed by atoms with Crippen LogP contribution in [-0.2, 0) is 0 Å². The van der Waals surface area contributed by atoms with Crippen LogP contribution in [0.5, 0.6) is 5.75 Å². The Kier molecular flexibility index (Phi) is 9.10. The van der Waals surface area contributed by atoms with Gasteiger partial charge in [0.25, 0.3) is 0 Å². The van der Waals surface area contributed by atoms with E-state index in [0.29, 0.717) is 23.8 Å². The van der Waals surface area contributed by atoms with Crippen molar-refractivity contribution in [1.82, 2.24) is 4.90 Å². The van der Waals surface area contributed by atoms with Gasteiger partial charge in [-0.25, -0.2) is 0 Å². The molecule has 0 aromatic heterocycles. The summed E-state index contributed by atoms with van der Waals surface area (Å²) in [7, 11) is 0. The van der Waals surface area contributed by atoms with Crippen molar-refractivity contribution in [2.24, 2.45) is 0 Å². The Morgan fingerprint density at radius 1 is 0.960 bits per heavy atom. The number of hydrogen-bond donors (Lipinski definition) is 1. The van der Waals surface area contributed by atoms with Gasteiger partial charge in [0.15, 0.2) is 0 Å². The van der Waals surface area contributed by atoms with Gasteiger partial charge in [0.2, 0.25) is 0 Å². The van der Waals surface area contributed by atoms with E-state index in [4.69, 9.17) is 0 Å². The lowest BCUT2D eigenvalue weighted by Gasteiger charge is -2.31. The molecule has 1 atom stereocenters. The Morgan fingerprint density at radius 3 is 1.96 bits per heavy atom. The van der Waals surface area contributed by atoms with Crippen LogP contribution in [0.25, 0.3) is 0 Å². The normalized spacial score (nSPS) is 11.9. The van der Waals surface area contributed by atoms with Crippen LogP contribution in [0.4, 0.5) is 0 Å². The molecule has 0 radical (unpaired) electrons. The highest BCUT2D eigenvalue weighted by Gasteiger charge is 2.16. The van der Waals surface area contributed by atoms with Crippen LogP contribution in [-0.4, -0.2) is 28.6 Å². The van der Waals surface area contributed by atoms with Gasteiger partial charge in [0.1, 0.15) is 5.75 Å². The Balaban J connectivity index is 0.000000435. The summed E-state index contributed by atoms with van der Waals surface area (Å²) in [5.74, 6) is 0.818. The van der Waals surface area contributed by atoms with E-state index in [1.54, 1.807) is 0 Å². The molecule has 2 aromatic carbocycles. The molecule has 2 aromatic rings. The molecule has 2 rings (SSSR count). The van der Waals surface area contributed by atoms with Crippen molar-refractivity contribution in [3.05, 3.63) is 65.7 Å². The van der Waals surface area contributed by atoms with E-state index in [0.717, 1.165) is 18.5 Å². The van der Waals surface area contributed by atoms with Gasteiger partial charge in [0.05, 0.1) is 0 Å². The summed E-state index contributed by atoms with van der Waals surface area (Å²) in [4.78, 5) is 2.50. The molecule has 2 nitrogen and oxygen atoms in total. The highest BCUT2D eigenvalue weighted by Crippen LogP contribution is 2.29. The summed E-state index contributed by atoms with van der Waals surface area (Å²) in [6.45, 7) is 14.3. The van der Waals surface area contributed by atoms with E-state index < -0.39 is 0 Å². The fourth-order valence-electron chi connectivity index (χ4n) is 2.98. The summed E-state index contributed by atoms with van der Waals surface area (Å²) in [6, 6.07) is 20.0. The largest absolute Gasteiger partial charge is 0.508 e. The monoisotopic (exact) mass is 339 g/mol. The SMILES string of the molecule is Cc1ccc(O)c(C(C)CCN(C(C)C)C(C)C)c1.c1ccccc#1. The highest BCUT2D eigenvalue weighted by molar-refractivity contribution is 5.37. The van der Waals surface area contributed by atoms with Gasteiger partial charge in [-0.05, 0) is 77.3 Å². The van der Waals surface area contributed by atoms with Gasteiger partial charge in [-0.1, -0.05) is 48.9 Å². The number of phenols is 1. The van der Waals surface area contributed by atoms with Crippen LogP contribution < -0.4 is 0 Å². The molecular formula is C23H33NO. The number of aryl methyl sites for hydroxylation is 1. The van der Waals surface area contributed by atoms with Crippen molar-refractivity contribution >= 4 is 0 Å². The average molecular weight is 340 g/mol. The number of hydrogen-bond acceptors (Lipinski definition) is 2. The maximum absolute atomic E-state index is 9.98. The lowest BCUT2D eigenvalue weighted by Crippen LogP contribution is -2.38. The van der Waals surface area contributed by atoms with Crippen LogP contribution in [0, 0.1) is 19.1 Å². The van der Waals surface area contributed by atoms with Crippen molar-refractivity contribution in [2.45, 2.75) is 66.0 Å². The second-order valence-corrected chi connectivity index (χ2v) is 7.18. The topological polar surface area (TPSA) is 23.5 Å². The first-order valence-electron chi connectivity index (χ1n) is 9.21. The van der Waals surface area contributed by atoms with Gasteiger partial charge in [0, 0.05) is 12.1 Å². The molecule has 0 bridgehead atoms. The number of phenolic OH excluding ortho intramolecular Hbond substituents is 1. The first-order valence-corrected chi connectivity index (χ1v) is 9.21. The quantitative estimate of drug-likeness (QED) is 0.740. The van der Waals surface area contributed by atoms with E-state index in [1.165, 1.54) is 5.56 Å². The molecular weight excluding hydrogens is 306 g/mol. The van der Waals surface area contributed by atoms with E-state index in [2.05, 4.69) is 64.6 Å². The van der Waals surface area contributed by atoms with E-state index in [9.17, 15) is 5.11 Å². The summed E-state index contributed by atoms with van der Waals surface area (Å²) in [5, 5.41) is 9.98. The third-order valence-electron chi connectivity index (χ3n) is 4.41. The van der Waals surface area contributed by atoms with Gasteiger partial charge >= 0.3 is 0 Å². The van der Waals surface area contributed by atoms with Crippen LogP contribution in [0.15, 0.2) is 42.5 Å². The van der Waals surface area contributed by atoms with E-state index >= 15 is 0 Å². The van der Waals surface area contributed by atoms with Crippen molar-refractivity contribution in [3.63, 3.8) is 0 Å². The molecule has 0 aliphatic heterocycles. The zero-order valence-electron chi connectivity index (χ0n) is 16.6. The molecule has 25 heavy (non-hydrogen) atoms. The fraction of sp³-hybridized carbons (Fsp3) is 0.478. The molecule has 0 spiro atoms. The molecule has 136 valence electrons. The standard InChI is InChI=1S/C17H29NO.C6H4/c1-12(2)18(13(3)4)10-9-15(6)16-11-14(5)7-8-17(16)19;1-2-4-6-5-3-1/h7-8,11-13,15,19H,9-10H2,1-6H3;1-4H. The predicted octanol–water partition coefficient (Wildman–Crippen LogP) is 5.60. The van der Waals surface area contributed by atoms with E-state index in [-0.39, 0.29) is 0 Å². The first kappa shape index (κ1) is 21.1. The lowest BCUT2D eigenvalue weighted by molar-refractivity contribution is 0.169. The third-order valence-corrected chi connectivity index (χ3v) is 4.41. The smallest absolute Gasteiger partial charge is 0.119 e. The summed E-state index contributed by atoms with van der Waals surface area (Å²) in [6.07, 6.45) is 1.08. The van der Waals surface area contributed by atoms with Gasteiger partial charge in [-0.15, -0.1) is 0 Å². The molecule has 2 heteroatoms. The Hall–Kier alpha value is -1.98. The summed E-state index contributed by atoms with van der Waals surface area (Å²) < 4.78 is 0. The molecule has 0 heterocycles. The number of aromatic hydroxyl groups is 1. The van der Waals surface area contributed by atoms with Crippen molar-refractivity contribution in [2.75, 3.05) is 6.54 Å². The minimum atomic E-state index is 0.389. The van der Waals surface area contributed by atoms with Crippen molar-refractivity contribution in [3.8, 4) is 5.75 Å². The Labute approximate surface area is 154 Å². The van der Waals surface area contributed by atoms with Crippen LogP contribution in [0.3, 0.4) is 0 Å². The minimum absolute atomic E-state index is 0.389. The zero-order valence-corrected chi connectivity index (χ0v) is 16.6. The molecule has 0 saturated heterocycles. The predicted molar refractivity (Wildman–Crippen MR) is 107 cm³/mol. The summed E-state index contributed by atoms with van der Waals surface area (Å²) >= 11 is 0. The lowest BCUT2D eigenvalue weighted by atomic mass is 9.94. The second-order valence-electron chi connectivity index (χ2n) is 7.18. The first-order chi connectivity index (χ1) is 11.8. The van der Waals surface area contributed by atoms with E-state index in [1.807, 2.05) is 36.4 Å². The number of nitrogens with zero attached hydrogens (tertiary/aromatic N) is 1. The van der Waals surface area contributed by atoms with Crippen molar-refractivity contribution < 1.29 is 5.11 Å². The van der Waals surface area contributed by atoms with Crippen molar-refractivity contribution in [1.29, 1.82) is 0 Å². The summed E-state index contributed by atoms with van der Waals surface area (Å²) in [5.41, 5.74) is 2.29. The molecule has 0 fully saturated rings. The van der Waals surface area contributed by atoms with Gasteiger partial charge in [-0.2, -0.15) is 0 Å². The maximum atomic E-state index is 9.98. The Morgan fingerprint density at radius 2 is 1.52 bits per heavy atom.